The molecule has 0 bridgehead atoms. The molecule has 3 aromatic rings. The van der Waals surface area contributed by atoms with E-state index in [0.717, 1.165) is 5.69 Å². The first-order chi connectivity index (χ1) is 16.3. The van der Waals surface area contributed by atoms with Crippen molar-refractivity contribution in [2.75, 3.05) is 18.6 Å². The number of anilines is 1. The number of aliphatic carboxylic acids is 1. The van der Waals surface area contributed by atoms with E-state index in [-0.39, 0.29) is 12.0 Å². The minimum atomic E-state index is -2.04. The summed E-state index contributed by atoms with van der Waals surface area (Å²) >= 11 is 0. The Morgan fingerprint density at radius 1 is 1.12 bits per heavy atom. The van der Waals surface area contributed by atoms with Gasteiger partial charge in [0, 0.05) is 64.1 Å². The molecule has 180 valence electrons. The van der Waals surface area contributed by atoms with Crippen LogP contribution in [-0.2, 0) is 24.9 Å². The Morgan fingerprint density at radius 3 is 2.47 bits per heavy atom. The number of aromatic nitrogens is 4. The molecule has 5 N–H and O–H groups in total. The lowest BCUT2D eigenvalue weighted by molar-refractivity contribution is -0.141. The largest absolute Gasteiger partial charge is 0.480 e. The molecular formula is C23H30N8O3. The molecule has 0 aliphatic rings. The first-order valence-corrected chi connectivity index (χ1v) is 10.9. The number of aryl methyl sites for hydroxylation is 1. The van der Waals surface area contributed by atoms with Crippen molar-refractivity contribution in [3.05, 3.63) is 72.1 Å². The lowest BCUT2D eigenvalue weighted by Gasteiger charge is -2.24. The smallest absolute Gasteiger partial charge is 0.331 e. The lowest BCUT2D eigenvalue weighted by atomic mass is 9.86. The molecular weight excluding hydrogens is 436 g/mol. The number of carboxylic acid groups (broad SMARTS) is 1. The minimum absolute atomic E-state index is 0.0318. The van der Waals surface area contributed by atoms with Crippen molar-refractivity contribution in [1.82, 2.24) is 30.3 Å². The van der Waals surface area contributed by atoms with E-state index < -0.39 is 17.3 Å². The van der Waals surface area contributed by atoms with Crippen molar-refractivity contribution >= 4 is 17.7 Å². The van der Waals surface area contributed by atoms with E-state index in [9.17, 15) is 14.7 Å². The number of carbonyl (C=O) groups excluding carboxylic acids is 1. The van der Waals surface area contributed by atoms with E-state index in [1.165, 1.54) is 6.20 Å². The summed E-state index contributed by atoms with van der Waals surface area (Å²) in [5.41, 5.74) is 8.95. The number of nitrogens with two attached hydrogens (primary N) is 1. The van der Waals surface area contributed by atoms with Crippen LogP contribution in [0.1, 0.15) is 34.6 Å². The molecule has 0 aliphatic carbocycles. The number of hydrazine groups is 1. The molecule has 0 unspecified atom stereocenters. The van der Waals surface area contributed by atoms with Gasteiger partial charge in [-0.3, -0.25) is 19.8 Å². The van der Waals surface area contributed by atoms with Gasteiger partial charge in [0.2, 0.25) is 5.95 Å². The number of ketones is 1. The Bertz CT molecular complexity index is 1090. The fraction of sp³-hybridized carbons (Fsp3) is 0.348. The molecule has 11 heteroatoms. The number of rotatable bonds is 13. The molecule has 0 saturated heterocycles. The molecule has 0 amide bonds. The molecule has 0 radical (unpaired) electrons. The van der Waals surface area contributed by atoms with Crippen LogP contribution in [-0.4, -0.2) is 55.5 Å². The predicted molar refractivity (Wildman–Crippen MR) is 127 cm³/mol. The molecule has 0 aliphatic heterocycles. The second-order valence-electron chi connectivity index (χ2n) is 7.98. The molecule has 0 fully saturated rings. The molecule has 3 aromatic heterocycles. The first-order valence-electron chi connectivity index (χ1n) is 10.9. The third kappa shape index (κ3) is 6.22. The van der Waals surface area contributed by atoms with E-state index in [4.69, 9.17) is 5.73 Å². The molecule has 3 heterocycles. The van der Waals surface area contributed by atoms with Gasteiger partial charge in [-0.1, -0.05) is 6.07 Å². The number of nitrogens with zero attached hydrogens (tertiary/aromatic N) is 5. The number of Topliss-reactive ketones (excluding diaryl/α,β-unsaturated/α-hetero) is 1. The van der Waals surface area contributed by atoms with Crippen LogP contribution < -0.4 is 21.5 Å². The normalized spacial score (nSPS) is 12.8. The summed E-state index contributed by atoms with van der Waals surface area (Å²) < 4.78 is 1.84. The molecule has 34 heavy (non-hydrogen) atoms. The number of hydrogen-bond acceptors (Lipinski definition) is 9. The highest BCUT2D eigenvalue weighted by molar-refractivity contribution is 6.15. The topological polar surface area (TPSA) is 151 Å². The van der Waals surface area contributed by atoms with Crippen LogP contribution in [0.4, 0.5) is 5.95 Å². The van der Waals surface area contributed by atoms with Crippen LogP contribution in [0.2, 0.25) is 0 Å². The van der Waals surface area contributed by atoms with Gasteiger partial charge in [-0.25, -0.2) is 15.2 Å². The van der Waals surface area contributed by atoms with E-state index in [1.54, 1.807) is 36.6 Å². The fourth-order valence-corrected chi connectivity index (χ4v) is 3.43. The Labute approximate surface area is 198 Å². The average molecular weight is 467 g/mol. The van der Waals surface area contributed by atoms with Gasteiger partial charge in [0.05, 0.1) is 11.4 Å². The highest BCUT2D eigenvalue weighted by atomic mass is 16.4. The third-order valence-electron chi connectivity index (χ3n) is 5.40. The number of imidazole rings is 1. The van der Waals surface area contributed by atoms with Crippen LogP contribution in [0.25, 0.3) is 0 Å². The summed E-state index contributed by atoms with van der Waals surface area (Å²) in [7, 11) is 3.67. The van der Waals surface area contributed by atoms with Crippen molar-refractivity contribution in [2.24, 2.45) is 12.8 Å². The number of hydrogen-bond donors (Lipinski definition) is 4. The van der Waals surface area contributed by atoms with Gasteiger partial charge in [-0.15, -0.1) is 0 Å². The zero-order chi connectivity index (χ0) is 24.6. The highest BCUT2D eigenvalue weighted by Gasteiger charge is 2.42. The second-order valence-corrected chi connectivity index (χ2v) is 7.98. The zero-order valence-electron chi connectivity index (χ0n) is 19.3. The van der Waals surface area contributed by atoms with Gasteiger partial charge in [-0.2, -0.15) is 0 Å². The SMILES string of the molecule is CN(NCCC[C@@](N)(C(=O)O)C(=O)c1ccc(CNCc2ccccn2)nc1)c1nccn1C. The van der Waals surface area contributed by atoms with Crippen LogP contribution in [0.5, 0.6) is 0 Å². The fourth-order valence-electron chi connectivity index (χ4n) is 3.43. The van der Waals surface area contributed by atoms with Crippen LogP contribution in [0.3, 0.4) is 0 Å². The second kappa shape index (κ2) is 11.5. The summed E-state index contributed by atoms with van der Waals surface area (Å²) in [5.74, 6) is -1.33. The predicted octanol–water partition coefficient (Wildman–Crippen LogP) is 0.886. The Balaban J connectivity index is 1.53. The monoisotopic (exact) mass is 466 g/mol. The summed E-state index contributed by atoms with van der Waals surface area (Å²) in [6.07, 6.45) is 6.93. The maximum absolute atomic E-state index is 13.0. The van der Waals surface area contributed by atoms with Gasteiger partial charge >= 0.3 is 5.97 Å². The van der Waals surface area contributed by atoms with Gasteiger partial charge in [0.1, 0.15) is 0 Å². The minimum Gasteiger partial charge on any atom is -0.480 e. The number of nitrogens with one attached hydrogen (secondary N) is 2. The van der Waals surface area contributed by atoms with E-state index in [2.05, 4.69) is 25.7 Å². The van der Waals surface area contributed by atoms with Crippen molar-refractivity contribution in [1.29, 1.82) is 0 Å². The average Bonchev–Trinajstić information content (AvgIpc) is 3.28. The lowest BCUT2D eigenvalue weighted by Crippen LogP contribution is -2.55. The van der Waals surface area contributed by atoms with Crippen LogP contribution >= 0.6 is 0 Å². The number of carbonyl (C=O) groups is 2. The van der Waals surface area contributed by atoms with Crippen LogP contribution in [0, 0.1) is 0 Å². The van der Waals surface area contributed by atoms with Gasteiger partial charge in [-0.05, 0) is 37.1 Å². The van der Waals surface area contributed by atoms with Gasteiger partial charge in [0.25, 0.3) is 0 Å². The van der Waals surface area contributed by atoms with Crippen molar-refractivity contribution < 1.29 is 14.7 Å². The quantitative estimate of drug-likeness (QED) is 0.124. The summed E-state index contributed by atoms with van der Waals surface area (Å²) in [5, 5.41) is 14.7. The van der Waals surface area contributed by atoms with Crippen molar-refractivity contribution in [3.63, 3.8) is 0 Å². The zero-order valence-corrected chi connectivity index (χ0v) is 19.3. The number of pyridine rings is 2. The molecule has 0 aromatic carbocycles. The molecule has 11 nitrogen and oxygen atoms in total. The van der Waals surface area contributed by atoms with E-state index >= 15 is 0 Å². The first kappa shape index (κ1) is 25.0. The molecule has 3 rings (SSSR count). The van der Waals surface area contributed by atoms with E-state index in [0.29, 0.717) is 37.7 Å². The van der Waals surface area contributed by atoms with Crippen molar-refractivity contribution in [3.8, 4) is 0 Å². The van der Waals surface area contributed by atoms with E-state index in [1.807, 2.05) is 36.0 Å². The van der Waals surface area contributed by atoms with Crippen molar-refractivity contribution in [2.45, 2.75) is 31.5 Å². The highest BCUT2D eigenvalue weighted by Crippen LogP contribution is 2.18. The maximum atomic E-state index is 13.0. The third-order valence-corrected chi connectivity index (χ3v) is 5.40. The van der Waals surface area contributed by atoms with Gasteiger partial charge < -0.3 is 20.7 Å². The summed E-state index contributed by atoms with van der Waals surface area (Å²) in [6.45, 7) is 1.48. The van der Waals surface area contributed by atoms with Crippen LogP contribution in [0.15, 0.2) is 55.1 Å². The Hall–Kier alpha value is -3.67. The molecule has 0 saturated carbocycles. The maximum Gasteiger partial charge on any atom is 0.331 e. The molecule has 0 spiro atoms. The summed E-state index contributed by atoms with van der Waals surface area (Å²) in [4.78, 5) is 37.6. The Morgan fingerprint density at radius 2 is 1.88 bits per heavy atom. The summed E-state index contributed by atoms with van der Waals surface area (Å²) in [6, 6.07) is 8.93. The molecule has 1 atom stereocenters. The Kier molecular flexibility index (Phi) is 8.41. The number of carboxylic acids is 1. The van der Waals surface area contributed by atoms with Gasteiger partial charge in [0.15, 0.2) is 11.3 Å². The standard InChI is InChI=1S/C23H30N8O3/c1-30-13-12-27-22(30)31(2)29-11-5-9-23(24,21(33)34)20(32)17-7-8-19(28-14-17)16-25-15-18-6-3-4-10-26-18/h3-4,6-8,10,12-14,25,29H,5,9,11,15-16,24H2,1-2H3,(H,33,34)/t23-/m0/s1.